The number of fused-ring (bicyclic) bond motifs is 14. The minimum Gasteiger partial charge on any atom is -0.310 e. The van der Waals surface area contributed by atoms with Gasteiger partial charge < -0.3 is 4.90 Å². The van der Waals surface area contributed by atoms with Gasteiger partial charge in [-0.1, -0.05) is 274 Å². The molecule has 3 aliphatic carbocycles. The van der Waals surface area contributed by atoms with Crippen LogP contribution in [0.15, 0.2) is 267 Å². The molecule has 2 atom stereocenters. The maximum absolute atomic E-state index is 2.55. The van der Waals surface area contributed by atoms with Crippen molar-refractivity contribution in [2.75, 3.05) is 4.90 Å². The normalized spacial score (nSPS) is 15.4. The van der Waals surface area contributed by atoms with Gasteiger partial charge in [-0.15, -0.1) is 0 Å². The predicted octanol–water partition coefficient (Wildman–Crippen LogP) is 23.2. The molecular formula is C84H71N. The van der Waals surface area contributed by atoms with Crippen molar-refractivity contribution in [2.24, 2.45) is 10.8 Å². The van der Waals surface area contributed by atoms with Crippen molar-refractivity contribution in [3.8, 4) is 77.9 Å². The van der Waals surface area contributed by atoms with Crippen LogP contribution in [0.1, 0.15) is 107 Å². The molecule has 0 N–H and O–H groups in total. The fourth-order valence-electron chi connectivity index (χ4n) is 15.3. The molecule has 0 bridgehead atoms. The van der Waals surface area contributed by atoms with Crippen LogP contribution in [0.3, 0.4) is 0 Å². The van der Waals surface area contributed by atoms with Gasteiger partial charge >= 0.3 is 0 Å². The van der Waals surface area contributed by atoms with Crippen LogP contribution in [-0.2, 0) is 10.8 Å². The molecule has 1 heteroatoms. The number of rotatable bonds is 9. The molecule has 412 valence electrons. The molecule has 0 aliphatic heterocycles. The Bertz CT molecular complexity index is 4590. The Labute approximate surface area is 503 Å². The summed E-state index contributed by atoms with van der Waals surface area (Å²) in [6, 6.07) is 101. The summed E-state index contributed by atoms with van der Waals surface area (Å²) in [6.45, 7) is 19.1. The number of hydrogen-bond acceptors (Lipinski definition) is 1. The zero-order valence-electron chi connectivity index (χ0n) is 50.1. The van der Waals surface area contributed by atoms with Crippen molar-refractivity contribution < 1.29 is 0 Å². The predicted molar refractivity (Wildman–Crippen MR) is 361 cm³/mol. The highest BCUT2D eigenvalue weighted by molar-refractivity contribution is 6.06. The molecule has 0 fully saturated rings. The summed E-state index contributed by atoms with van der Waals surface area (Å²) < 4.78 is 0. The fraction of sp³-hybridized carbons (Fsp3) is 0.167. The molecule has 2 unspecified atom stereocenters. The van der Waals surface area contributed by atoms with Crippen LogP contribution in [0, 0.1) is 10.8 Å². The number of benzene rings is 12. The maximum atomic E-state index is 2.55. The Morgan fingerprint density at radius 1 is 0.306 bits per heavy atom. The Morgan fingerprint density at radius 3 is 1.32 bits per heavy atom. The van der Waals surface area contributed by atoms with Gasteiger partial charge in [0.2, 0.25) is 0 Å². The van der Waals surface area contributed by atoms with Crippen LogP contribution in [0.2, 0.25) is 0 Å². The van der Waals surface area contributed by atoms with E-state index < -0.39 is 5.41 Å². The van der Waals surface area contributed by atoms with E-state index in [1.807, 2.05) is 0 Å². The molecule has 15 rings (SSSR count). The molecule has 1 nitrogen and oxygen atoms in total. The number of anilines is 3. The monoisotopic (exact) mass is 1090 g/mol. The van der Waals surface area contributed by atoms with Crippen LogP contribution in [0.25, 0.3) is 88.7 Å². The molecule has 85 heavy (non-hydrogen) atoms. The highest BCUT2D eigenvalue weighted by atomic mass is 15.1. The van der Waals surface area contributed by atoms with E-state index in [1.54, 1.807) is 0 Å². The fourth-order valence-corrected chi connectivity index (χ4v) is 15.3. The number of hydrogen-bond donors (Lipinski definition) is 0. The minimum atomic E-state index is -0.502. The second-order valence-corrected chi connectivity index (χ2v) is 27.1. The summed E-state index contributed by atoms with van der Waals surface area (Å²) >= 11 is 0. The Kier molecular flexibility index (Phi) is 12.1. The minimum absolute atomic E-state index is 0.123. The topological polar surface area (TPSA) is 3.24 Å². The van der Waals surface area contributed by atoms with Gasteiger partial charge in [-0.05, 0) is 199 Å². The van der Waals surface area contributed by atoms with E-state index >= 15 is 0 Å². The third kappa shape index (κ3) is 8.49. The van der Waals surface area contributed by atoms with Crippen LogP contribution in [0.4, 0.5) is 17.1 Å². The van der Waals surface area contributed by atoms with E-state index in [1.165, 1.54) is 128 Å². The van der Waals surface area contributed by atoms with E-state index in [-0.39, 0.29) is 16.2 Å². The average molecular weight is 1090 g/mol. The van der Waals surface area contributed by atoms with Gasteiger partial charge in [-0.25, -0.2) is 0 Å². The SMILES string of the molecule is CC(C)(C)CC(c1cccc(-c2ccc3c(c2)C2(c4ccccc4-3)c3ccccc3-c3ccc(-c4ccc(-c5ccc(N(c6ccc(-c7ccccc7)cc6)c6ccc7c(c6)C(C)(C)c6ccccc6-7)cc5)c5ccccc45)cc32)c1)C(C)(C)C. The third-order valence-electron chi connectivity index (χ3n) is 19.3. The molecule has 12 aromatic carbocycles. The second kappa shape index (κ2) is 19.6. The maximum Gasteiger partial charge on any atom is 0.0725 e. The lowest BCUT2D eigenvalue weighted by atomic mass is 9.68. The van der Waals surface area contributed by atoms with Crippen molar-refractivity contribution in [1.29, 1.82) is 0 Å². The molecule has 0 heterocycles. The molecule has 0 aromatic heterocycles. The summed E-state index contributed by atoms with van der Waals surface area (Å²) in [7, 11) is 0. The molecular weight excluding hydrogens is 1020 g/mol. The highest BCUT2D eigenvalue weighted by Crippen LogP contribution is 2.64. The highest BCUT2D eigenvalue weighted by Gasteiger charge is 2.52. The quantitative estimate of drug-likeness (QED) is 0.139. The first-order valence-corrected chi connectivity index (χ1v) is 30.6. The van der Waals surface area contributed by atoms with E-state index in [9.17, 15) is 0 Å². The van der Waals surface area contributed by atoms with Gasteiger partial charge in [-0.3, -0.25) is 0 Å². The van der Waals surface area contributed by atoms with Crippen molar-refractivity contribution in [3.05, 3.63) is 306 Å². The summed E-state index contributed by atoms with van der Waals surface area (Å²) in [5.41, 5.74) is 30.4. The zero-order chi connectivity index (χ0) is 58.0. The molecule has 0 saturated carbocycles. The molecule has 3 aliphatic rings. The van der Waals surface area contributed by atoms with Crippen LogP contribution in [0.5, 0.6) is 0 Å². The standard InChI is InChI=1S/C84H71N/c1-81(2,3)53-80(82(4,5)6)60-24-20-23-57(49-60)58-37-44-72-69-28-15-18-31-75(69)84(78(72)50-58)76-32-19-16-29-70(76)73-45-38-59(51-79(73)84)65-48-47-64(66-25-12-13-26-67(65)66)56-35-41-62(42-36-56)85(61-39-33-55(34-40-61)54-21-10-9-11-22-54)63-43-46-71-68-27-14-17-30-74(68)83(7,8)77(71)52-63/h9-52,80H,53H2,1-8H3. The van der Waals surface area contributed by atoms with Crippen LogP contribution < -0.4 is 4.90 Å². The molecule has 0 radical (unpaired) electrons. The van der Waals surface area contributed by atoms with Crippen LogP contribution in [-0.4, -0.2) is 0 Å². The second-order valence-electron chi connectivity index (χ2n) is 27.1. The van der Waals surface area contributed by atoms with Crippen molar-refractivity contribution in [3.63, 3.8) is 0 Å². The third-order valence-corrected chi connectivity index (χ3v) is 19.3. The Balaban J connectivity index is 0.826. The Morgan fingerprint density at radius 2 is 0.718 bits per heavy atom. The van der Waals surface area contributed by atoms with E-state index in [2.05, 4.69) is 327 Å². The number of nitrogens with zero attached hydrogens (tertiary/aromatic N) is 1. The smallest absolute Gasteiger partial charge is 0.0725 e. The largest absolute Gasteiger partial charge is 0.310 e. The Hall–Kier alpha value is -9.30. The van der Waals surface area contributed by atoms with E-state index in [0.29, 0.717) is 5.92 Å². The summed E-state index contributed by atoms with van der Waals surface area (Å²) in [6.07, 6.45) is 1.13. The first-order valence-electron chi connectivity index (χ1n) is 30.6. The van der Waals surface area contributed by atoms with Gasteiger partial charge in [0.25, 0.3) is 0 Å². The lowest BCUT2D eigenvalue weighted by Crippen LogP contribution is -2.26. The van der Waals surface area contributed by atoms with Crippen molar-refractivity contribution >= 4 is 27.8 Å². The van der Waals surface area contributed by atoms with Crippen LogP contribution >= 0.6 is 0 Å². The van der Waals surface area contributed by atoms with Gasteiger partial charge in [0.15, 0.2) is 0 Å². The first kappa shape index (κ1) is 52.5. The average Bonchev–Trinajstić information content (AvgIpc) is 1.53. The molecule has 1 spiro atoms. The lowest BCUT2D eigenvalue weighted by molar-refractivity contribution is 0.229. The summed E-state index contributed by atoms with van der Waals surface area (Å²) in [5, 5.41) is 2.48. The van der Waals surface area contributed by atoms with Gasteiger partial charge in [-0.2, -0.15) is 0 Å². The van der Waals surface area contributed by atoms with E-state index in [0.717, 1.165) is 23.5 Å². The van der Waals surface area contributed by atoms with Gasteiger partial charge in [0, 0.05) is 22.5 Å². The molecule has 12 aromatic rings. The zero-order valence-corrected chi connectivity index (χ0v) is 50.1. The van der Waals surface area contributed by atoms with Gasteiger partial charge in [0.05, 0.1) is 5.41 Å². The lowest BCUT2D eigenvalue weighted by Gasteiger charge is -2.36. The van der Waals surface area contributed by atoms with Crippen molar-refractivity contribution in [1.82, 2.24) is 0 Å². The molecule has 0 saturated heterocycles. The van der Waals surface area contributed by atoms with E-state index in [4.69, 9.17) is 0 Å². The first-order chi connectivity index (χ1) is 41.1. The van der Waals surface area contributed by atoms with Gasteiger partial charge in [0.1, 0.15) is 0 Å². The summed E-state index contributed by atoms with van der Waals surface area (Å²) in [4.78, 5) is 2.43. The summed E-state index contributed by atoms with van der Waals surface area (Å²) in [5.74, 6) is 0.426. The van der Waals surface area contributed by atoms with Crippen molar-refractivity contribution in [2.45, 2.75) is 78.6 Å². The molecule has 0 amide bonds.